The molecule has 0 radical (unpaired) electrons. The van der Waals surface area contributed by atoms with Crippen molar-refractivity contribution in [3.8, 4) is 0 Å². The Hall–Kier alpha value is -0.260. The van der Waals surface area contributed by atoms with Crippen LogP contribution in [-0.2, 0) is 4.79 Å². The fourth-order valence-electron chi connectivity index (χ4n) is 2.27. The number of thioether (sulfide) groups is 1. The molecule has 1 aliphatic heterocycles. The van der Waals surface area contributed by atoms with E-state index in [1.807, 2.05) is 11.2 Å². The molecule has 1 saturated heterocycles. The van der Waals surface area contributed by atoms with Crippen molar-refractivity contribution in [2.45, 2.75) is 26.3 Å². The molecule has 0 aromatic heterocycles. The molecule has 0 bridgehead atoms. The van der Waals surface area contributed by atoms with Crippen molar-refractivity contribution in [1.82, 2.24) is 9.80 Å². The zero-order chi connectivity index (χ0) is 13.5. The average Bonchev–Trinajstić information content (AvgIpc) is 2.35. The monoisotopic (exact) mass is 273 g/mol. The van der Waals surface area contributed by atoms with Gasteiger partial charge < -0.3 is 10.6 Å². The Morgan fingerprint density at radius 3 is 2.39 bits per heavy atom. The fourth-order valence-corrected chi connectivity index (χ4v) is 2.76. The van der Waals surface area contributed by atoms with Crippen LogP contribution in [0.1, 0.15) is 20.3 Å². The highest BCUT2D eigenvalue weighted by Gasteiger charge is 2.24. The van der Waals surface area contributed by atoms with Gasteiger partial charge in [0.15, 0.2) is 0 Å². The van der Waals surface area contributed by atoms with Gasteiger partial charge in [-0.05, 0) is 24.3 Å². The molecule has 0 saturated carbocycles. The Bertz CT molecular complexity index is 253. The molecule has 4 nitrogen and oxygen atoms in total. The molecule has 0 aliphatic carbocycles. The van der Waals surface area contributed by atoms with Crippen molar-refractivity contribution in [3.63, 3.8) is 0 Å². The number of carbonyl (C=O) groups excluding carboxylic acids is 1. The van der Waals surface area contributed by atoms with E-state index in [0.29, 0.717) is 5.92 Å². The maximum atomic E-state index is 12.1. The number of rotatable bonds is 6. The van der Waals surface area contributed by atoms with Crippen LogP contribution >= 0.6 is 11.8 Å². The predicted molar refractivity (Wildman–Crippen MR) is 78.8 cm³/mol. The van der Waals surface area contributed by atoms with E-state index in [-0.39, 0.29) is 11.9 Å². The lowest BCUT2D eigenvalue weighted by molar-refractivity contribution is -0.134. The summed E-state index contributed by atoms with van der Waals surface area (Å²) in [6.07, 6.45) is 2.83. The largest absolute Gasteiger partial charge is 0.339 e. The zero-order valence-corrected chi connectivity index (χ0v) is 12.7. The molecule has 0 aromatic rings. The van der Waals surface area contributed by atoms with Gasteiger partial charge in [0.25, 0.3) is 0 Å². The number of nitrogens with zero attached hydrogens (tertiary/aromatic N) is 2. The average molecular weight is 273 g/mol. The van der Waals surface area contributed by atoms with Gasteiger partial charge in [-0.25, -0.2) is 0 Å². The Morgan fingerprint density at radius 1 is 1.28 bits per heavy atom. The van der Waals surface area contributed by atoms with E-state index >= 15 is 0 Å². The van der Waals surface area contributed by atoms with Gasteiger partial charge in [0.05, 0.1) is 6.04 Å². The summed E-state index contributed by atoms with van der Waals surface area (Å²) in [4.78, 5) is 16.5. The summed E-state index contributed by atoms with van der Waals surface area (Å²) in [7, 11) is 0. The molecule has 1 heterocycles. The van der Waals surface area contributed by atoms with Crippen molar-refractivity contribution in [2.24, 2.45) is 11.7 Å². The molecule has 0 aromatic carbocycles. The van der Waals surface area contributed by atoms with Crippen LogP contribution in [0.15, 0.2) is 0 Å². The van der Waals surface area contributed by atoms with E-state index in [9.17, 15) is 4.79 Å². The van der Waals surface area contributed by atoms with E-state index in [1.54, 1.807) is 11.8 Å². The second-order valence-corrected chi connectivity index (χ2v) is 6.39. The SMILES string of the molecule is CSCC[C@H](N)C(=O)N1CCN(CC(C)C)CC1. The summed E-state index contributed by atoms with van der Waals surface area (Å²) in [5.74, 6) is 1.78. The number of carbonyl (C=O) groups is 1. The Morgan fingerprint density at radius 2 is 1.89 bits per heavy atom. The highest BCUT2D eigenvalue weighted by atomic mass is 32.2. The maximum absolute atomic E-state index is 12.1. The van der Waals surface area contributed by atoms with Crippen LogP contribution in [0.25, 0.3) is 0 Å². The van der Waals surface area contributed by atoms with E-state index in [0.717, 1.165) is 44.9 Å². The van der Waals surface area contributed by atoms with Gasteiger partial charge in [0.2, 0.25) is 5.91 Å². The first-order valence-electron chi connectivity index (χ1n) is 6.80. The van der Waals surface area contributed by atoms with E-state index in [2.05, 4.69) is 18.7 Å². The Labute approximate surface area is 115 Å². The van der Waals surface area contributed by atoms with Crippen LogP contribution < -0.4 is 5.73 Å². The quantitative estimate of drug-likeness (QED) is 0.780. The lowest BCUT2D eigenvalue weighted by Gasteiger charge is -2.36. The van der Waals surface area contributed by atoms with Gasteiger partial charge in [-0.1, -0.05) is 13.8 Å². The molecule has 0 spiro atoms. The van der Waals surface area contributed by atoms with Crippen molar-refractivity contribution in [1.29, 1.82) is 0 Å². The fraction of sp³-hybridized carbons (Fsp3) is 0.923. The molecule has 1 fully saturated rings. The van der Waals surface area contributed by atoms with Gasteiger partial charge in [0, 0.05) is 32.7 Å². The van der Waals surface area contributed by atoms with Crippen LogP contribution in [0.4, 0.5) is 0 Å². The lowest BCUT2D eigenvalue weighted by atomic mass is 10.1. The number of nitrogens with two attached hydrogens (primary N) is 1. The summed E-state index contributed by atoms with van der Waals surface area (Å²) < 4.78 is 0. The Kier molecular flexibility index (Phi) is 7.04. The lowest BCUT2D eigenvalue weighted by Crippen LogP contribution is -2.53. The molecular weight excluding hydrogens is 246 g/mol. The smallest absolute Gasteiger partial charge is 0.239 e. The first kappa shape index (κ1) is 15.8. The van der Waals surface area contributed by atoms with Crippen LogP contribution in [0, 0.1) is 5.92 Å². The van der Waals surface area contributed by atoms with Crippen molar-refractivity contribution < 1.29 is 4.79 Å². The minimum absolute atomic E-state index is 0.133. The van der Waals surface area contributed by atoms with Crippen molar-refractivity contribution in [3.05, 3.63) is 0 Å². The van der Waals surface area contributed by atoms with Crippen molar-refractivity contribution in [2.75, 3.05) is 44.7 Å². The summed E-state index contributed by atoms with van der Waals surface area (Å²) in [6.45, 7) is 9.22. The minimum Gasteiger partial charge on any atom is -0.339 e. The summed E-state index contributed by atoms with van der Waals surface area (Å²) >= 11 is 1.74. The van der Waals surface area contributed by atoms with E-state index < -0.39 is 0 Å². The molecular formula is C13H27N3OS. The zero-order valence-electron chi connectivity index (χ0n) is 11.9. The van der Waals surface area contributed by atoms with Crippen LogP contribution in [0.5, 0.6) is 0 Å². The molecule has 18 heavy (non-hydrogen) atoms. The second-order valence-electron chi connectivity index (χ2n) is 5.41. The number of hydrogen-bond donors (Lipinski definition) is 1. The predicted octanol–water partition coefficient (Wildman–Crippen LogP) is 0.867. The summed E-state index contributed by atoms with van der Waals surface area (Å²) in [5, 5.41) is 0. The van der Waals surface area contributed by atoms with Gasteiger partial charge in [-0.3, -0.25) is 9.69 Å². The van der Waals surface area contributed by atoms with Crippen LogP contribution in [0.3, 0.4) is 0 Å². The topological polar surface area (TPSA) is 49.6 Å². The third-order valence-corrected chi connectivity index (χ3v) is 3.90. The molecule has 106 valence electrons. The third kappa shape index (κ3) is 5.16. The van der Waals surface area contributed by atoms with Crippen LogP contribution in [0.2, 0.25) is 0 Å². The molecule has 1 rings (SSSR count). The summed E-state index contributed by atoms with van der Waals surface area (Å²) in [5.41, 5.74) is 5.93. The minimum atomic E-state index is -0.311. The van der Waals surface area contributed by atoms with Gasteiger partial charge in [0.1, 0.15) is 0 Å². The summed E-state index contributed by atoms with van der Waals surface area (Å²) in [6, 6.07) is -0.311. The Balaban J connectivity index is 2.31. The van der Waals surface area contributed by atoms with Gasteiger partial charge >= 0.3 is 0 Å². The molecule has 5 heteroatoms. The maximum Gasteiger partial charge on any atom is 0.239 e. The molecule has 1 aliphatic rings. The third-order valence-electron chi connectivity index (χ3n) is 3.26. The molecule has 2 N–H and O–H groups in total. The highest BCUT2D eigenvalue weighted by molar-refractivity contribution is 7.98. The number of piperazine rings is 1. The van der Waals surface area contributed by atoms with E-state index in [4.69, 9.17) is 5.73 Å². The first-order valence-corrected chi connectivity index (χ1v) is 8.19. The standard InChI is InChI=1S/C13H27N3OS/c1-11(2)10-15-5-7-16(8-6-15)13(17)12(14)4-9-18-3/h11-12H,4-10,14H2,1-3H3/t12-/m0/s1. The number of hydrogen-bond acceptors (Lipinski definition) is 4. The van der Waals surface area contributed by atoms with Crippen LogP contribution in [-0.4, -0.2) is 66.5 Å². The highest BCUT2D eigenvalue weighted by Crippen LogP contribution is 2.08. The first-order chi connectivity index (χ1) is 8.54. The molecule has 1 amide bonds. The van der Waals surface area contributed by atoms with Crippen molar-refractivity contribution >= 4 is 17.7 Å². The normalized spacial score (nSPS) is 19.3. The second kappa shape index (κ2) is 8.02. The molecule has 0 unspecified atom stereocenters. The molecule has 1 atom stereocenters. The van der Waals surface area contributed by atoms with Gasteiger partial charge in [-0.15, -0.1) is 0 Å². The number of amides is 1. The van der Waals surface area contributed by atoms with E-state index in [1.165, 1.54) is 0 Å². The van der Waals surface area contributed by atoms with Gasteiger partial charge in [-0.2, -0.15) is 11.8 Å².